The first-order valence-electron chi connectivity index (χ1n) is 10.1. The van der Waals surface area contributed by atoms with Crippen LogP contribution in [0.5, 0.6) is 5.88 Å². The molecular weight excluding hydrogens is 354 g/mol. The van der Waals surface area contributed by atoms with Crippen molar-refractivity contribution in [3.05, 3.63) is 29.7 Å². The van der Waals surface area contributed by atoms with E-state index >= 15 is 0 Å². The molecule has 1 aliphatic heterocycles. The van der Waals surface area contributed by atoms with Gasteiger partial charge in [-0.15, -0.1) is 0 Å². The smallest absolute Gasteiger partial charge is 0.222 e. The van der Waals surface area contributed by atoms with Gasteiger partial charge in [0.05, 0.1) is 30.7 Å². The van der Waals surface area contributed by atoms with Crippen LogP contribution >= 0.6 is 0 Å². The molecule has 3 N–H and O–H groups in total. The van der Waals surface area contributed by atoms with E-state index in [1.54, 1.807) is 13.3 Å². The summed E-state index contributed by atoms with van der Waals surface area (Å²) in [6.45, 7) is 3.60. The second-order valence-electron chi connectivity index (χ2n) is 7.99. The summed E-state index contributed by atoms with van der Waals surface area (Å²) in [6, 6.07) is 4.08. The number of hydrogen-bond donors (Lipinski definition) is 2. The number of piperidine rings is 1. The van der Waals surface area contributed by atoms with Crippen molar-refractivity contribution in [2.75, 3.05) is 25.1 Å². The summed E-state index contributed by atoms with van der Waals surface area (Å²) >= 11 is 0. The predicted octanol–water partition coefficient (Wildman–Crippen LogP) is 2.45. The minimum absolute atomic E-state index is 0.153. The van der Waals surface area contributed by atoms with E-state index < -0.39 is 0 Å². The largest absolute Gasteiger partial charge is 0.481 e. The molecule has 2 aliphatic rings. The van der Waals surface area contributed by atoms with Gasteiger partial charge in [0.25, 0.3) is 0 Å². The van der Waals surface area contributed by atoms with E-state index in [1.165, 1.54) is 12.8 Å². The maximum atomic E-state index is 9.99. The number of nitrogens with two attached hydrogens (primary N) is 1. The molecule has 1 saturated heterocycles. The van der Waals surface area contributed by atoms with Gasteiger partial charge in [-0.1, -0.05) is 6.42 Å². The fraction of sp³-hybridized carbons (Fsp3) is 0.571. The third-order valence-corrected chi connectivity index (χ3v) is 6.53. The van der Waals surface area contributed by atoms with Gasteiger partial charge in [0.15, 0.2) is 5.82 Å². The second kappa shape index (κ2) is 7.64. The first kappa shape index (κ1) is 19.1. The highest BCUT2D eigenvalue weighted by Crippen LogP contribution is 2.46. The summed E-state index contributed by atoms with van der Waals surface area (Å²) in [7, 11) is 1.59. The summed E-state index contributed by atoms with van der Waals surface area (Å²) in [5.74, 6) is 1.29. The number of aliphatic hydroxyl groups excluding tert-OH is 1. The van der Waals surface area contributed by atoms with E-state index in [-0.39, 0.29) is 6.61 Å². The van der Waals surface area contributed by atoms with Gasteiger partial charge in [0, 0.05) is 25.3 Å². The first-order valence-corrected chi connectivity index (χ1v) is 10.1. The van der Waals surface area contributed by atoms with Gasteiger partial charge in [-0.2, -0.15) is 0 Å². The van der Waals surface area contributed by atoms with Crippen molar-refractivity contribution in [3.8, 4) is 17.1 Å². The highest BCUT2D eigenvalue weighted by Gasteiger charge is 2.43. The Labute approximate surface area is 166 Å². The Balaban J connectivity index is 1.63. The van der Waals surface area contributed by atoms with Crippen molar-refractivity contribution >= 4 is 5.82 Å². The van der Waals surface area contributed by atoms with Gasteiger partial charge < -0.3 is 20.5 Å². The van der Waals surface area contributed by atoms with Crippen molar-refractivity contribution in [1.82, 2.24) is 15.0 Å². The minimum atomic E-state index is -0.153. The van der Waals surface area contributed by atoms with E-state index in [0.29, 0.717) is 28.7 Å². The molecule has 4 rings (SSSR count). The number of aromatic nitrogens is 3. The van der Waals surface area contributed by atoms with Crippen molar-refractivity contribution in [2.45, 2.75) is 51.7 Å². The highest BCUT2D eigenvalue weighted by molar-refractivity contribution is 5.68. The van der Waals surface area contributed by atoms with Gasteiger partial charge in [0.1, 0.15) is 5.69 Å². The fourth-order valence-corrected chi connectivity index (χ4v) is 4.84. The van der Waals surface area contributed by atoms with Crippen molar-refractivity contribution in [3.63, 3.8) is 0 Å². The zero-order valence-electron chi connectivity index (χ0n) is 16.7. The molecule has 28 heavy (non-hydrogen) atoms. The quantitative estimate of drug-likeness (QED) is 0.837. The van der Waals surface area contributed by atoms with E-state index in [1.807, 2.05) is 19.1 Å². The Morgan fingerprint density at radius 3 is 2.71 bits per heavy atom. The maximum Gasteiger partial charge on any atom is 0.222 e. The Kier molecular flexibility index (Phi) is 5.21. The molecule has 2 aromatic rings. The van der Waals surface area contributed by atoms with Crippen molar-refractivity contribution < 1.29 is 9.84 Å². The molecule has 3 heterocycles. The van der Waals surface area contributed by atoms with Crippen molar-refractivity contribution in [2.24, 2.45) is 11.1 Å². The van der Waals surface area contributed by atoms with Gasteiger partial charge in [-0.25, -0.2) is 15.0 Å². The summed E-state index contributed by atoms with van der Waals surface area (Å²) in [5, 5.41) is 9.99. The molecule has 0 radical (unpaired) electrons. The van der Waals surface area contributed by atoms with Crippen LogP contribution in [0.2, 0.25) is 0 Å². The average Bonchev–Trinajstić information content (AvgIpc) is 3.08. The molecular formula is C21H29N5O2. The molecule has 1 aliphatic carbocycles. The lowest BCUT2D eigenvalue weighted by Crippen LogP contribution is -2.47. The average molecular weight is 383 g/mol. The lowest BCUT2D eigenvalue weighted by Gasteiger charge is -2.42. The summed E-state index contributed by atoms with van der Waals surface area (Å²) in [5.41, 5.74) is 9.59. The van der Waals surface area contributed by atoms with Crippen LogP contribution in [0, 0.1) is 12.3 Å². The Morgan fingerprint density at radius 2 is 2.07 bits per heavy atom. The zero-order chi connectivity index (χ0) is 19.7. The molecule has 2 fully saturated rings. The molecule has 0 aromatic carbocycles. The van der Waals surface area contributed by atoms with Crippen LogP contribution in [0.3, 0.4) is 0 Å². The third kappa shape index (κ3) is 3.22. The first-order chi connectivity index (χ1) is 13.6. The number of methoxy groups -OCH3 is 1. The standard InChI is InChI=1S/C21H29N5O2/c1-14-18(15-5-4-10-23-20(15)28-2)25-16(13-27)19(24-14)26-11-8-21(9-12-26)7-3-6-17(21)22/h4-5,10,17,27H,3,6-9,11-13,22H2,1-2H3/t17-/m1/s1. The molecule has 150 valence electrons. The number of ether oxygens (including phenoxy) is 1. The number of pyridine rings is 1. The number of hydrogen-bond acceptors (Lipinski definition) is 7. The van der Waals surface area contributed by atoms with Crippen LogP contribution in [-0.4, -0.2) is 46.3 Å². The third-order valence-electron chi connectivity index (χ3n) is 6.53. The predicted molar refractivity (Wildman–Crippen MR) is 108 cm³/mol. The molecule has 7 heteroatoms. The van der Waals surface area contributed by atoms with Gasteiger partial charge in [-0.05, 0) is 50.2 Å². The van der Waals surface area contributed by atoms with Crippen molar-refractivity contribution in [1.29, 1.82) is 0 Å². The van der Waals surface area contributed by atoms with Gasteiger partial charge >= 0.3 is 0 Å². The maximum absolute atomic E-state index is 9.99. The second-order valence-corrected chi connectivity index (χ2v) is 7.99. The lowest BCUT2D eigenvalue weighted by atomic mass is 9.74. The Hall–Kier alpha value is -2.25. The molecule has 7 nitrogen and oxygen atoms in total. The summed E-state index contributed by atoms with van der Waals surface area (Å²) in [4.78, 5) is 16.1. The number of rotatable bonds is 4. The Morgan fingerprint density at radius 1 is 1.29 bits per heavy atom. The molecule has 1 spiro atoms. The minimum Gasteiger partial charge on any atom is -0.481 e. The summed E-state index contributed by atoms with van der Waals surface area (Å²) in [6.07, 6.45) is 7.46. The number of aryl methyl sites for hydroxylation is 1. The highest BCUT2D eigenvalue weighted by atomic mass is 16.5. The van der Waals surface area contributed by atoms with Crippen LogP contribution < -0.4 is 15.4 Å². The molecule has 0 unspecified atom stereocenters. The number of nitrogens with zero attached hydrogens (tertiary/aromatic N) is 4. The van der Waals surface area contributed by atoms with Gasteiger partial charge in [0.2, 0.25) is 5.88 Å². The lowest BCUT2D eigenvalue weighted by molar-refractivity contribution is 0.196. The van der Waals surface area contributed by atoms with Crippen LogP contribution in [-0.2, 0) is 6.61 Å². The molecule has 2 aromatic heterocycles. The van der Waals surface area contributed by atoms with E-state index in [9.17, 15) is 5.11 Å². The van der Waals surface area contributed by atoms with Gasteiger partial charge in [-0.3, -0.25) is 0 Å². The van der Waals surface area contributed by atoms with E-state index in [2.05, 4.69) is 9.88 Å². The normalized spacial score (nSPS) is 21.3. The van der Waals surface area contributed by atoms with E-state index in [0.717, 1.165) is 49.4 Å². The zero-order valence-corrected chi connectivity index (χ0v) is 16.7. The summed E-state index contributed by atoms with van der Waals surface area (Å²) < 4.78 is 5.37. The topological polar surface area (TPSA) is 97.4 Å². The fourth-order valence-electron chi connectivity index (χ4n) is 4.84. The van der Waals surface area contributed by atoms with Crippen LogP contribution in [0.1, 0.15) is 43.5 Å². The molecule has 1 atom stereocenters. The number of anilines is 1. The number of aliphatic hydroxyl groups is 1. The Bertz CT molecular complexity index is 849. The monoisotopic (exact) mass is 383 g/mol. The molecule has 0 amide bonds. The van der Waals surface area contributed by atoms with Crippen LogP contribution in [0.25, 0.3) is 11.3 Å². The van der Waals surface area contributed by atoms with E-state index in [4.69, 9.17) is 20.4 Å². The SMILES string of the molecule is COc1ncccc1-c1nc(CO)c(N2CCC3(CCC[C@H]3N)CC2)nc1C. The molecule has 0 bridgehead atoms. The van der Waals surface area contributed by atoms with Crippen LogP contribution in [0.4, 0.5) is 5.82 Å². The molecule has 1 saturated carbocycles. The van der Waals surface area contributed by atoms with Crippen LogP contribution in [0.15, 0.2) is 18.3 Å².